The van der Waals surface area contributed by atoms with Gasteiger partial charge in [-0.15, -0.1) is 0 Å². The molecule has 0 amide bonds. The summed E-state index contributed by atoms with van der Waals surface area (Å²) in [6.45, 7) is 4.41. The van der Waals surface area contributed by atoms with Gasteiger partial charge in [-0.1, -0.05) is 26.0 Å². The number of sulfonamides is 1. The predicted octanol–water partition coefficient (Wildman–Crippen LogP) is 2.69. The first-order valence-electron chi connectivity index (χ1n) is 7.80. The summed E-state index contributed by atoms with van der Waals surface area (Å²) in [5.74, 6) is 0.451. The molecule has 7 heteroatoms. The predicted molar refractivity (Wildman–Crippen MR) is 94.1 cm³/mol. The van der Waals surface area contributed by atoms with Crippen LogP contribution < -0.4 is 9.88 Å². The van der Waals surface area contributed by atoms with Crippen LogP contribution in [0.25, 0.3) is 0 Å². The zero-order chi connectivity index (χ0) is 18.4. The van der Waals surface area contributed by atoms with Gasteiger partial charge in [-0.3, -0.25) is 0 Å². The van der Waals surface area contributed by atoms with Crippen molar-refractivity contribution in [2.24, 2.45) is 5.14 Å². The Bertz CT molecular complexity index is 812. The first kappa shape index (κ1) is 19.0. The summed E-state index contributed by atoms with van der Waals surface area (Å²) < 4.78 is 32.8. The Labute approximate surface area is 147 Å². The van der Waals surface area contributed by atoms with Crippen LogP contribution in [-0.4, -0.2) is 27.6 Å². The lowest BCUT2D eigenvalue weighted by atomic mass is 10.0. The molecule has 2 aromatic carbocycles. The Balaban J connectivity index is 1.79. The molecule has 0 radical (unpaired) electrons. The monoisotopic (exact) mass is 363 g/mol. The molecular weight excluding hydrogens is 342 g/mol. The average molecular weight is 363 g/mol. The van der Waals surface area contributed by atoms with Gasteiger partial charge in [-0.25, -0.2) is 18.4 Å². The van der Waals surface area contributed by atoms with Crippen molar-refractivity contribution in [1.82, 2.24) is 0 Å². The van der Waals surface area contributed by atoms with Gasteiger partial charge in [-0.05, 0) is 47.9 Å². The molecule has 0 saturated heterocycles. The molecular formula is C18H21NO5S. The van der Waals surface area contributed by atoms with Gasteiger partial charge in [0.05, 0.1) is 10.5 Å². The van der Waals surface area contributed by atoms with Crippen LogP contribution in [0.5, 0.6) is 5.75 Å². The number of esters is 1. The molecule has 0 spiro atoms. The van der Waals surface area contributed by atoms with Crippen molar-refractivity contribution in [3.8, 4) is 5.75 Å². The van der Waals surface area contributed by atoms with Crippen molar-refractivity contribution >= 4 is 16.0 Å². The van der Waals surface area contributed by atoms with E-state index in [4.69, 9.17) is 14.6 Å². The number of hydrogen-bond donors (Lipinski definition) is 1. The van der Waals surface area contributed by atoms with Crippen molar-refractivity contribution in [1.29, 1.82) is 0 Å². The first-order chi connectivity index (χ1) is 11.8. The second-order valence-electron chi connectivity index (χ2n) is 5.78. The zero-order valence-corrected chi connectivity index (χ0v) is 15.0. The smallest absolute Gasteiger partial charge is 0.338 e. The quantitative estimate of drug-likeness (QED) is 0.603. The number of hydrogen-bond acceptors (Lipinski definition) is 5. The Morgan fingerprint density at radius 2 is 1.60 bits per heavy atom. The van der Waals surface area contributed by atoms with E-state index in [2.05, 4.69) is 13.8 Å². The Hall–Kier alpha value is -2.38. The van der Waals surface area contributed by atoms with E-state index in [1.165, 1.54) is 24.3 Å². The lowest BCUT2D eigenvalue weighted by molar-refractivity contribution is 0.0450. The normalized spacial score (nSPS) is 11.4. The fourth-order valence-corrected chi connectivity index (χ4v) is 2.62. The highest BCUT2D eigenvalue weighted by Crippen LogP contribution is 2.16. The van der Waals surface area contributed by atoms with Crippen LogP contribution in [0.15, 0.2) is 53.4 Å². The molecule has 25 heavy (non-hydrogen) atoms. The standard InChI is InChI=1S/C18H21NO5S/c1-13(2)14-3-5-15(6-4-14)18(20)24-12-11-23-16-7-9-17(10-8-16)25(19,21)22/h3-10,13H,11-12H2,1-2H3,(H2,19,21,22). The maximum atomic E-state index is 11.9. The van der Waals surface area contributed by atoms with Gasteiger partial charge in [-0.2, -0.15) is 0 Å². The number of primary sulfonamides is 1. The minimum Gasteiger partial charge on any atom is -0.490 e. The van der Waals surface area contributed by atoms with Gasteiger partial charge in [0.15, 0.2) is 0 Å². The SMILES string of the molecule is CC(C)c1ccc(C(=O)OCCOc2ccc(S(N)(=O)=O)cc2)cc1. The third-order valence-corrected chi connectivity index (χ3v) is 4.48. The van der Waals surface area contributed by atoms with E-state index in [-0.39, 0.29) is 18.1 Å². The van der Waals surface area contributed by atoms with E-state index in [9.17, 15) is 13.2 Å². The Morgan fingerprint density at radius 1 is 1.00 bits per heavy atom. The molecule has 0 aliphatic carbocycles. The molecule has 0 fully saturated rings. The number of benzene rings is 2. The van der Waals surface area contributed by atoms with Crippen molar-refractivity contribution in [2.45, 2.75) is 24.7 Å². The maximum absolute atomic E-state index is 11.9. The molecule has 0 aromatic heterocycles. The zero-order valence-electron chi connectivity index (χ0n) is 14.1. The topological polar surface area (TPSA) is 95.7 Å². The summed E-state index contributed by atoms with van der Waals surface area (Å²) in [4.78, 5) is 11.9. The van der Waals surface area contributed by atoms with E-state index in [0.717, 1.165) is 5.56 Å². The second kappa shape index (κ2) is 8.13. The van der Waals surface area contributed by atoms with Gasteiger partial charge in [0.1, 0.15) is 19.0 Å². The van der Waals surface area contributed by atoms with Gasteiger partial charge in [0.2, 0.25) is 10.0 Å². The minimum absolute atomic E-state index is 0.0103. The number of carbonyl (C=O) groups excluding carboxylic acids is 1. The van der Waals surface area contributed by atoms with Gasteiger partial charge in [0.25, 0.3) is 0 Å². The summed E-state index contributed by atoms with van der Waals surface area (Å²) in [6.07, 6.45) is 0. The number of carbonyl (C=O) groups is 1. The fourth-order valence-electron chi connectivity index (χ4n) is 2.11. The molecule has 0 unspecified atom stereocenters. The van der Waals surface area contributed by atoms with Crippen LogP contribution in [0.3, 0.4) is 0 Å². The Morgan fingerprint density at radius 3 is 2.12 bits per heavy atom. The molecule has 0 aliphatic heterocycles. The lowest BCUT2D eigenvalue weighted by Crippen LogP contribution is -2.13. The van der Waals surface area contributed by atoms with Crippen LogP contribution in [0, 0.1) is 0 Å². The molecule has 2 rings (SSSR count). The summed E-state index contributed by atoms with van der Waals surface area (Å²) in [5.41, 5.74) is 1.64. The molecule has 134 valence electrons. The van der Waals surface area contributed by atoms with Crippen molar-refractivity contribution < 1.29 is 22.7 Å². The minimum atomic E-state index is -3.72. The number of nitrogens with two attached hydrogens (primary N) is 1. The van der Waals surface area contributed by atoms with E-state index in [1.54, 1.807) is 12.1 Å². The van der Waals surface area contributed by atoms with Gasteiger partial charge in [0, 0.05) is 0 Å². The van der Waals surface area contributed by atoms with Crippen molar-refractivity contribution in [3.63, 3.8) is 0 Å². The molecule has 0 atom stereocenters. The average Bonchev–Trinajstić information content (AvgIpc) is 2.58. The van der Waals surface area contributed by atoms with Crippen LogP contribution in [-0.2, 0) is 14.8 Å². The van der Waals surface area contributed by atoms with E-state index >= 15 is 0 Å². The van der Waals surface area contributed by atoms with Crippen molar-refractivity contribution in [3.05, 3.63) is 59.7 Å². The summed E-state index contributed by atoms with van der Waals surface area (Å²) in [5, 5.41) is 5.02. The third-order valence-electron chi connectivity index (χ3n) is 3.55. The summed E-state index contributed by atoms with van der Waals surface area (Å²) in [7, 11) is -3.72. The largest absolute Gasteiger partial charge is 0.490 e. The third kappa shape index (κ3) is 5.58. The van der Waals surface area contributed by atoms with Gasteiger partial charge < -0.3 is 9.47 Å². The highest BCUT2D eigenvalue weighted by Gasteiger charge is 2.09. The van der Waals surface area contributed by atoms with E-state index < -0.39 is 16.0 Å². The maximum Gasteiger partial charge on any atom is 0.338 e. The van der Waals surface area contributed by atoms with Crippen LogP contribution in [0.2, 0.25) is 0 Å². The molecule has 0 aliphatic rings. The van der Waals surface area contributed by atoms with Crippen LogP contribution in [0.1, 0.15) is 35.7 Å². The number of ether oxygens (including phenoxy) is 2. The first-order valence-corrected chi connectivity index (χ1v) is 9.35. The summed E-state index contributed by atoms with van der Waals surface area (Å²) >= 11 is 0. The second-order valence-corrected chi connectivity index (χ2v) is 7.34. The molecule has 2 aromatic rings. The highest BCUT2D eigenvalue weighted by atomic mass is 32.2. The number of rotatable bonds is 7. The highest BCUT2D eigenvalue weighted by molar-refractivity contribution is 7.89. The lowest BCUT2D eigenvalue weighted by Gasteiger charge is -2.09. The van der Waals surface area contributed by atoms with E-state index in [1.807, 2.05) is 12.1 Å². The van der Waals surface area contributed by atoms with Crippen LogP contribution in [0.4, 0.5) is 0 Å². The molecule has 2 N–H and O–H groups in total. The fraction of sp³-hybridized carbons (Fsp3) is 0.278. The Kier molecular flexibility index (Phi) is 6.17. The molecule has 6 nitrogen and oxygen atoms in total. The van der Waals surface area contributed by atoms with E-state index in [0.29, 0.717) is 17.2 Å². The molecule has 0 bridgehead atoms. The van der Waals surface area contributed by atoms with Crippen molar-refractivity contribution in [2.75, 3.05) is 13.2 Å². The molecule has 0 saturated carbocycles. The summed E-state index contributed by atoms with van der Waals surface area (Å²) in [6, 6.07) is 13.0. The molecule has 0 heterocycles. The van der Waals surface area contributed by atoms with Gasteiger partial charge >= 0.3 is 5.97 Å². The van der Waals surface area contributed by atoms with Crippen LogP contribution >= 0.6 is 0 Å².